The van der Waals surface area contributed by atoms with Crippen LogP contribution in [0.5, 0.6) is 0 Å². The van der Waals surface area contributed by atoms with Crippen LogP contribution in [0.25, 0.3) is 10.2 Å². The third-order valence-electron chi connectivity index (χ3n) is 4.16. The molecule has 0 aliphatic rings. The summed E-state index contributed by atoms with van der Waals surface area (Å²) in [4.78, 5) is 9.36. The van der Waals surface area contributed by atoms with Crippen molar-refractivity contribution in [2.45, 2.75) is 39.7 Å². The Morgan fingerprint density at radius 1 is 1.21 bits per heavy atom. The van der Waals surface area contributed by atoms with Crippen LogP contribution in [-0.2, 0) is 19.4 Å². The zero-order valence-electron chi connectivity index (χ0n) is 16.4. The fourth-order valence-electron chi connectivity index (χ4n) is 2.82. The Bertz CT molecular complexity index is 841. The number of guanidine groups is 1. The standard InChI is InChI=1S/C19H27N7S.HI/c1-3-17-25-23-14-26(17)13-12-22-19(20-4-2)21-11-7-10-18-24-15-8-5-6-9-16(15)27-18;/h5-6,8-9,14H,3-4,7,10-13H2,1-2H3,(H2,20,21,22);1H. The molecule has 0 unspecified atom stereocenters. The van der Waals surface area contributed by atoms with Crippen molar-refractivity contribution in [2.24, 2.45) is 4.99 Å². The summed E-state index contributed by atoms with van der Waals surface area (Å²) in [6, 6.07) is 8.29. The second-order valence-electron chi connectivity index (χ2n) is 6.16. The molecule has 3 aromatic rings. The Morgan fingerprint density at radius 2 is 2.07 bits per heavy atom. The van der Waals surface area contributed by atoms with Gasteiger partial charge < -0.3 is 15.2 Å². The van der Waals surface area contributed by atoms with E-state index in [-0.39, 0.29) is 24.0 Å². The van der Waals surface area contributed by atoms with Gasteiger partial charge in [0.2, 0.25) is 0 Å². The van der Waals surface area contributed by atoms with Crippen LogP contribution in [0.2, 0.25) is 0 Å². The molecular weight excluding hydrogens is 485 g/mol. The number of thiazole rings is 1. The van der Waals surface area contributed by atoms with Crippen molar-refractivity contribution < 1.29 is 0 Å². The Hall–Kier alpha value is -1.75. The van der Waals surface area contributed by atoms with Gasteiger partial charge in [-0.15, -0.1) is 45.5 Å². The van der Waals surface area contributed by atoms with E-state index < -0.39 is 0 Å². The Kier molecular flexibility index (Phi) is 9.62. The van der Waals surface area contributed by atoms with Crippen molar-refractivity contribution in [3.05, 3.63) is 41.4 Å². The highest BCUT2D eigenvalue weighted by atomic mass is 127. The van der Waals surface area contributed by atoms with E-state index >= 15 is 0 Å². The molecular formula is C19H28IN7S. The number of aliphatic imine (C=N–C) groups is 1. The lowest BCUT2D eigenvalue weighted by Crippen LogP contribution is -2.39. The van der Waals surface area contributed by atoms with E-state index in [1.165, 1.54) is 9.71 Å². The quantitative estimate of drug-likeness (QED) is 0.199. The maximum atomic E-state index is 4.68. The first kappa shape index (κ1) is 22.5. The lowest BCUT2D eigenvalue weighted by molar-refractivity contribution is 0.632. The second kappa shape index (κ2) is 11.9. The van der Waals surface area contributed by atoms with Gasteiger partial charge in [0, 0.05) is 39.0 Å². The summed E-state index contributed by atoms with van der Waals surface area (Å²) in [5.74, 6) is 1.86. The third-order valence-corrected chi connectivity index (χ3v) is 5.25. The van der Waals surface area contributed by atoms with E-state index in [2.05, 4.69) is 67.4 Å². The van der Waals surface area contributed by atoms with Crippen LogP contribution in [0.1, 0.15) is 31.1 Å². The minimum Gasteiger partial charge on any atom is -0.357 e. The monoisotopic (exact) mass is 513 g/mol. The molecule has 0 radical (unpaired) electrons. The van der Waals surface area contributed by atoms with Crippen LogP contribution in [0.3, 0.4) is 0 Å². The molecule has 3 rings (SSSR count). The topological polar surface area (TPSA) is 80.0 Å². The van der Waals surface area contributed by atoms with Crippen LogP contribution in [0, 0.1) is 0 Å². The van der Waals surface area contributed by atoms with E-state index in [4.69, 9.17) is 0 Å². The molecule has 0 spiro atoms. The lowest BCUT2D eigenvalue weighted by Gasteiger charge is -2.12. The first-order valence-corrected chi connectivity index (χ1v) is 10.3. The average molecular weight is 513 g/mol. The smallest absolute Gasteiger partial charge is 0.191 e. The molecule has 1 aromatic carbocycles. The molecule has 152 valence electrons. The number of nitrogens with one attached hydrogen (secondary N) is 2. The second-order valence-corrected chi connectivity index (χ2v) is 7.28. The number of rotatable bonds is 9. The SMILES string of the molecule is CCNC(=NCCCc1nc2ccccc2s1)NCCn1cnnc1CC.I. The van der Waals surface area contributed by atoms with Crippen molar-refractivity contribution in [3.63, 3.8) is 0 Å². The predicted molar refractivity (Wildman–Crippen MR) is 127 cm³/mol. The number of hydrogen-bond acceptors (Lipinski definition) is 5. The molecule has 0 bridgehead atoms. The number of hydrogen-bond donors (Lipinski definition) is 2. The van der Waals surface area contributed by atoms with Crippen LogP contribution in [0.15, 0.2) is 35.6 Å². The maximum Gasteiger partial charge on any atom is 0.191 e. The molecule has 0 fully saturated rings. The molecule has 0 aliphatic carbocycles. The fraction of sp³-hybridized carbons (Fsp3) is 0.474. The Balaban J connectivity index is 0.00000280. The van der Waals surface area contributed by atoms with Crippen molar-refractivity contribution in [2.75, 3.05) is 19.6 Å². The molecule has 0 aliphatic heterocycles. The molecule has 0 amide bonds. The van der Waals surface area contributed by atoms with Gasteiger partial charge >= 0.3 is 0 Å². The van der Waals surface area contributed by atoms with Gasteiger partial charge in [-0.2, -0.15) is 0 Å². The highest BCUT2D eigenvalue weighted by molar-refractivity contribution is 14.0. The molecule has 2 aromatic heterocycles. The number of benzene rings is 1. The van der Waals surface area contributed by atoms with E-state index in [9.17, 15) is 0 Å². The van der Waals surface area contributed by atoms with Gasteiger partial charge in [-0.25, -0.2) is 4.98 Å². The fourth-order valence-corrected chi connectivity index (χ4v) is 3.83. The summed E-state index contributed by atoms with van der Waals surface area (Å²) in [5, 5.41) is 15.9. The molecule has 7 nitrogen and oxygen atoms in total. The third kappa shape index (κ3) is 6.40. The zero-order valence-corrected chi connectivity index (χ0v) is 19.5. The lowest BCUT2D eigenvalue weighted by atomic mass is 10.3. The van der Waals surface area contributed by atoms with Gasteiger partial charge in [0.05, 0.1) is 15.2 Å². The molecule has 28 heavy (non-hydrogen) atoms. The molecule has 0 saturated heterocycles. The molecule has 2 heterocycles. The normalized spacial score (nSPS) is 11.4. The number of nitrogens with zero attached hydrogens (tertiary/aromatic N) is 5. The Labute approximate surface area is 187 Å². The Morgan fingerprint density at radius 3 is 2.86 bits per heavy atom. The van der Waals surface area contributed by atoms with Crippen LogP contribution < -0.4 is 10.6 Å². The molecule has 0 saturated carbocycles. The summed E-state index contributed by atoms with van der Waals surface area (Å²) in [6.07, 6.45) is 4.62. The summed E-state index contributed by atoms with van der Waals surface area (Å²) in [5.41, 5.74) is 1.09. The minimum atomic E-state index is 0. The number of halogens is 1. The van der Waals surface area contributed by atoms with Crippen molar-refractivity contribution in [1.82, 2.24) is 30.4 Å². The first-order chi connectivity index (χ1) is 13.3. The maximum absolute atomic E-state index is 4.68. The van der Waals surface area contributed by atoms with Crippen LogP contribution >= 0.6 is 35.3 Å². The van der Waals surface area contributed by atoms with Crippen molar-refractivity contribution >= 4 is 51.5 Å². The van der Waals surface area contributed by atoms with E-state index in [0.717, 1.165) is 62.7 Å². The molecule has 2 N–H and O–H groups in total. The van der Waals surface area contributed by atoms with E-state index in [1.807, 2.05) is 6.07 Å². The summed E-state index contributed by atoms with van der Waals surface area (Å²) >= 11 is 1.78. The van der Waals surface area contributed by atoms with Crippen LogP contribution in [-0.4, -0.2) is 45.3 Å². The molecule has 0 atom stereocenters. The zero-order chi connectivity index (χ0) is 18.9. The largest absolute Gasteiger partial charge is 0.357 e. The molecule has 9 heteroatoms. The van der Waals surface area contributed by atoms with E-state index in [1.54, 1.807) is 17.7 Å². The van der Waals surface area contributed by atoms with Gasteiger partial charge in [-0.1, -0.05) is 19.1 Å². The number of aromatic nitrogens is 4. The summed E-state index contributed by atoms with van der Waals surface area (Å²) in [6.45, 7) is 7.40. The summed E-state index contributed by atoms with van der Waals surface area (Å²) in [7, 11) is 0. The number of aryl methyl sites for hydroxylation is 2. The van der Waals surface area contributed by atoms with Gasteiger partial charge in [0.1, 0.15) is 12.2 Å². The average Bonchev–Trinajstić information content (AvgIpc) is 3.31. The van der Waals surface area contributed by atoms with Gasteiger partial charge in [-0.3, -0.25) is 4.99 Å². The van der Waals surface area contributed by atoms with Gasteiger partial charge in [0.25, 0.3) is 0 Å². The number of para-hydroxylation sites is 1. The van der Waals surface area contributed by atoms with Crippen LogP contribution in [0.4, 0.5) is 0 Å². The van der Waals surface area contributed by atoms with E-state index in [0.29, 0.717) is 0 Å². The summed E-state index contributed by atoms with van der Waals surface area (Å²) < 4.78 is 3.33. The van der Waals surface area contributed by atoms with Crippen molar-refractivity contribution in [3.8, 4) is 0 Å². The highest BCUT2D eigenvalue weighted by Gasteiger charge is 2.04. The van der Waals surface area contributed by atoms with Gasteiger partial charge in [0.15, 0.2) is 5.96 Å². The predicted octanol–water partition coefficient (Wildman–Crippen LogP) is 3.26. The van der Waals surface area contributed by atoms with Crippen molar-refractivity contribution in [1.29, 1.82) is 0 Å². The van der Waals surface area contributed by atoms with Gasteiger partial charge in [-0.05, 0) is 25.5 Å². The highest BCUT2D eigenvalue weighted by Crippen LogP contribution is 2.22. The number of fused-ring (bicyclic) bond motifs is 1. The first-order valence-electron chi connectivity index (χ1n) is 9.53. The minimum absolute atomic E-state index is 0.